The third-order valence-electron chi connectivity index (χ3n) is 2.29. The molecule has 1 amide bonds. The van der Waals surface area contributed by atoms with E-state index in [0.29, 0.717) is 10.3 Å². The normalized spacial score (nSPS) is 11.1. The summed E-state index contributed by atoms with van der Waals surface area (Å²) in [7, 11) is 0. The molecule has 0 aliphatic carbocycles. The first kappa shape index (κ1) is 13.4. The second-order valence-corrected chi connectivity index (χ2v) is 5.16. The van der Waals surface area contributed by atoms with Crippen molar-refractivity contribution in [2.24, 2.45) is 10.9 Å². The van der Waals surface area contributed by atoms with Crippen LogP contribution in [0.5, 0.6) is 0 Å². The lowest BCUT2D eigenvalue weighted by Crippen LogP contribution is -2.17. The predicted octanol–water partition coefficient (Wildman–Crippen LogP) is 2.88. The molecule has 0 fully saturated rings. The Hall–Kier alpha value is -2.08. The Morgan fingerprint density at radius 1 is 1.32 bits per heavy atom. The first-order valence-corrected chi connectivity index (χ1v) is 6.70. The molecule has 0 radical (unpaired) electrons. The highest BCUT2D eigenvalue weighted by Crippen LogP contribution is 2.22. The zero-order chi connectivity index (χ0) is 13.7. The molecule has 0 spiro atoms. The maximum absolute atomic E-state index is 11.5. The zero-order valence-electron chi connectivity index (χ0n) is 10.7. The maximum atomic E-state index is 11.5. The second kappa shape index (κ2) is 6.19. The van der Waals surface area contributed by atoms with Crippen LogP contribution in [0, 0.1) is 5.92 Å². The molecule has 0 aliphatic heterocycles. The van der Waals surface area contributed by atoms with Crippen molar-refractivity contribution in [2.45, 2.75) is 13.8 Å². The van der Waals surface area contributed by atoms with Crippen molar-refractivity contribution in [1.29, 1.82) is 0 Å². The lowest BCUT2D eigenvalue weighted by Gasteiger charge is -2.01. The minimum Gasteiger partial charge on any atom is -0.300 e. The van der Waals surface area contributed by atoms with Crippen molar-refractivity contribution in [1.82, 2.24) is 10.2 Å². The van der Waals surface area contributed by atoms with Crippen LogP contribution in [0.1, 0.15) is 19.4 Å². The molecule has 1 aromatic carbocycles. The van der Waals surface area contributed by atoms with Gasteiger partial charge in [0.2, 0.25) is 16.2 Å². The van der Waals surface area contributed by atoms with Crippen molar-refractivity contribution in [3.8, 4) is 0 Å². The second-order valence-electron chi connectivity index (χ2n) is 4.20. The van der Waals surface area contributed by atoms with E-state index >= 15 is 0 Å². The van der Waals surface area contributed by atoms with Gasteiger partial charge in [-0.2, -0.15) is 0 Å². The van der Waals surface area contributed by atoms with Crippen molar-refractivity contribution in [3.05, 3.63) is 35.9 Å². The summed E-state index contributed by atoms with van der Waals surface area (Å²) in [4.78, 5) is 15.7. The number of hydrogen-bond acceptors (Lipinski definition) is 5. The van der Waals surface area contributed by atoms with E-state index in [2.05, 4.69) is 20.5 Å². The van der Waals surface area contributed by atoms with E-state index in [1.807, 2.05) is 44.2 Å². The number of carbonyl (C=O) groups is 1. The van der Waals surface area contributed by atoms with E-state index < -0.39 is 0 Å². The lowest BCUT2D eigenvalue weighted by atomic mass is 10.2. The number of hydrogen-bond donors (Lipinski definition) is 1. The van der Waals surface area contributed by atoms with Crippen LogP contribution >= 0.6 is 11.3 Å². The molecule has 0 saturated heterocycles. The molecule has 0 unspecified atom stereocenters. The third-order valence-corrected chi connectivity index (χ3v) is 3.04. The van der Waals surface area contributed by atoms with Gasteiger partial charge >= 0.3 is 0 Å². The van der Waals surface area contributed by atoms with E-state index in [1.165, 1.54) is 11.3 Å². The fourth-order valence-electron chi connectivity index (χ4n) is 1.24. The van der Waals surface area contributed by atoms with Crippen LogP contribution in [0.15, 0.2) is 35.3 Å². The Balaban J connectivity index is 2.02. The summed E-state index contributed by atoms with van der Waals surface area (Å²) < 4.78 is 0. The number of amides is 1. The molecule has 98 valence electrons. The Morgan fingerprint density at radius 3 is 2.74 bits per heavy atom. The summed E-state index contributed by atoms with van der Waals surface area (Å²) in [6, 6.07) is 9.73. The van der Waals surface area contributed by atoms with Crippen molar-refractivity contribution in [3.63, 3.8) is 0 Å². The van der Waals surface area contributed by atoms with Crippen molar-refractivity contribution < 1.29 is 4.79 Å². The van der Waals surface area contributed by atoms with E-state index in [0.717, 1.165) is 5.56 Å². The highest BCUT2D eigenvalue weighted by Gasteiger charge is 2.10. The van der Waals surface area contributed by atoms with Crippen molar-refractivity contribution in [2.75, 3.05) is 5.32 Å². The Labute approximate surface area is 115 Å². The van der Waals surface area contributed by atoms with Crippen LogP contribution in [-0.4, -0.2) is 22.3 Å². The van der Waals surface area contributed by atoms with E-state index in [9.17, 15) is 4.79 Å². The molecule has 0 saturated carbocycles. The average Bonchev–Trinajstić information content (AvgIpc) is 2.85. The summed E-state index contributed by atoms with van der Waals surface area (Å²) in [5, 5.41) is 11.5. The van der Waals surface area contributed by atoms with Crippen LogP contribution in [0.25, 0.3) is 0 Å². The number of anilines is 1. The molecule has 1 aromatic heterocycles. The number of aliphatic imine (C=N–C) groups is 1. The summed E-state index contributed by atoms with van der Waals surface area (Å²) in [5.74, 6) is -0.157. The van der Waals surface area contributed by atoms with Gasteiger partial charge in [0.25, 0.3) is 0 Å². The Bertz CT molecular complexity index is 577. The highest BCUT2D eigenvalue weighted by molar-refractivity contribution is 7.18. The smallest absolute Gasteiger partial charge is 0.233 e. The van der Waals surface area contributed by atoms with Gasteiger partial charge in [-0.1, -0.05) is 55.5 Å². The Kier molecular flexibility index (Phi) is 4.35. The number of carbonyl (C=O) groups excluding carboxylic acids is 1. The fraction of sp³-hybridized carbons (Fsp3) is 0.231. The molecular formula is C13H14N4OS. The van der Waals surface area contributed by atoms with Gasteiger partial charge in [0.05, 0.1) is 0 Å². The average molecular weight is 274 g/mol. The number of rotatable bonds is 4. The summed E-state index contributed by atoms with van der Waals surface area (Å²) in [5.41, 5.74) is 0.991. The number of nitrogens with zero attached hydrogens (tertiary/aromatic N) is 3. The first-order chi connectivity index (χ1) is 9.15. The monoisotopic (exact) mass is 274 g/mol. The molecule has 0 atom stereocenters. The van der Waals surface area contributed by atoms with Crippen LogP contribution in [-0.2, 0) is 4.79 Å². The third kappa shape index (κ3) is 3.96. The van der Waals surface area contributed by atoms with E-state index in [-0.39, 0.29) is 11.8 Å². The number of benzene rings is 1. The molecule has 6 heteroatoms. The summed E-state index contributed by atoms with van der Waals surface area (Å²) in [6.45, 7) is 3.65. The van der Waals surface area contributed by atoms with Gasteiger partial charge in [0.15, 0.2) is 0 Å². The quantitative estimate of drug-likeness (QED) is 0.872. The van der Waals surface area contributed by atoms with Gasteiger partial charge in [0.1, 0.15) is 0 Å². The fourth-order valence-corrected chi connectivity index (χ4v) is 1.83. The number of aromatic nitrogens is 2. The molecule has 0 aliphatic rings. The SMILES string of the molecule is CC(C)C(=O)Nc1nnc(/N=C/c2ccccc2)s1. The van der Waals surface area contributed by atoms with Gasteiger partial charge in [-0.05, 0) is 5.56 Å². The van der Waals surface area contributed by atoms with Crippen LogP contribution in [0.4, 0.5) is 10.3 Å². The molecule has 5 nitrogen and oxygen atoms in total. The highest BCUT2D eigenvalue weighted by atomic mass is 32.1. The molecular weight excluding hydrogens is 260 g/mol. The van der Waals surface area contributed by atoms with Gasteiger partial charge in [0, 0.05) is 12.1 Å². The van der Waals surface area contributed by atoms with Gasteiger partial charge in [-0.25, -0.2) is 4.99 Å². The van der Waals surface area contributed by atoms with Gasteiger partial charge in [-0.15, -0.1) is 10.2 Å². The summed E-state index contributed by atoms with van der Waals surface area (Å²) >= 11 is 1.25. The zero-order valence-corrected chi connectivity index (χ0v) is 11.5. The van der Waals surface area contributed by atoms with Crippen LogP contribution < -0.4 is 5.32 Å². The molecule has 1 heterocycles. The van der Waals surface area contributed by atoms with Crippen molar-refractivity contribution >= 4 is 33.7 Å². The predicted molar refractivity (Wildman–Crippen MR) is 77.1 cm³/mol. The summed E-state index contributed by atoms with van der Waals surface area (Å²) in [6.07, 6.45) is 1.72. The topological polar surface area (TPSA) is 67.2 Å². The molecule has 2 aromatic rings. The molecule has 1 N–H and O–H groups in total. The minimum atomic E-state index is -0.0832. The van der Waals surface area contributed by atoms with E-state index in [4.69, 9.17) is 0 Å². The maximum Gasteiger partial charge on any atom is 0.233 e. The lowest BCUT2D eigenvalue weighted by molar-refractivity contribution is -0.118. The minimum absolute atomic E-state index is 0.0743. The first-order valence-electron chi connectivity index (χ1n) is 5.88. The Morgan fingerprint density at radius 2 is 2.05 bits per heavy atom. The number of nitrogens with one attached hydrogen (secondary N) is 1. The van der Waals surface area contributed by atoms with Gasteiger partial charge in [-0.3, -0.25) is 4.79 Å². The molecule has 0 bridgehead atoms. The molecule has 19 heavy (non-hydrogen) atoms. The van der Waals surface area contributed by atoms with Crippen LogP contribution in [0.2, 0.25) is 0 Å². The van der Waals surface area contributed by atoms with Crippen LogP contribution in [0.3, 0.4) is 0 Å². The largest absolute Gasteiger partial charge is 0.300 e. The van der Waals surface area contributed by atoms with Gasteiger partial charge < -0.3 is 5.32 Å². The van der Waals surface area contributed by atoms with E-state index in [1.54, 1.807) is 6.21 Å². The standard InChI is InChI=1S/C13H14N4OS/c1-9(2)11(18)15-13-17-16-12(19-13)14-8-10-6-4-3-5-7-10/h3-9H,1-2H3,(H,15,17,18)/b14-8+. The molecule has 2 rings (SSSR count).